The summed E-state index contributed by atoms with van der Waals surface area (Å²) >= 11 is 0. The first-order valence-electron chi connectivity index (χ1n) is 7.36. The molecule has 3 heteroatoms. The van der Waals surface area contributed by atoms with E-state index in [0.717, 1.165) is 26.1 Å². The van der Waals surface area contributed by atoms with Crippen LogP contribution in [-0.2, 0) is 9.53 Å². The zero-order chi connectivity index (χ0) is 12.8. The van der Waals surface area contributed by atoms with Gasteiger partial charge in [0, 0.05) is 25.1 Å². The van der Waals surface area contributed by atoms with Gasteiger partial charge in [0.25, 0.3) is 0 Å². The van der Waals surface area contributed by atoms with E-state index in [9.17, 15) is 4.79 Å². The summed E-state index contributed by atoms with van der Waals surface area (Å²) < 4.78 is 5.31. The second kappa shape index (κ2) is 4.22. The zero-order valence-corrected chi connectivity index (χ0v) is 11.7. The van der Waals surface area contributed by atoms with Gasteiger partial charge < -0.3 is 9.64 Å². The molecule has 0 N–H and O–H groups in total. The molecule has 0 aromatic heterocycles. The molecule has 2 aliphatic heterocycles. The minimum absolute atomic E-state index is 0.155. The molecule has 1 amide bonds. The van der Waals surface area contributed by atoms with Crippen LogP contribution in [0, 0.1) is 16.7 Å². The van der Waals surface area contributed by atoms with Crippen molar-refractivity contribution < 1.29 is 9.53 Å². The second-order valence-corrected chi connectivity index (χ2v) is 7.42. The Bertz CT molecular complexity index is 326. The predicted octanol–water partition coefficient (Wildman–Crippen LogP) is 2.45. The lowest BCUT2D eigenvalue weighted by Gasteiger charge is -2.55. The van der Waals surface area contributed by atoms with Gasteiger partial charge in [0.05, 0.1) is 12.5 Å². The Morgan fingerprint density at radius 1 is 1.17 bits per heavy atom. The highest BCUT2D eigenvalue weighted by Crippen LogP contribution is 2.50. The summed E-state index contributed by atoms with van der Waals surface area (Å²) in [4.78, 5) is 14.3. The van der Waals surface area contributed by atoms with E-state index in [4.69, 9.17) is 4.74 Å². The van der Waals surface area contributed by atoms with Gasteiger partial charge in [0.15, 0.2) is 0 Å². The molecular weight excluding hydrogens is 226 g/mol. The second-order valence-electron chi connectivity index (χ2n) is 7.42. The van der Waals surface area contributed by atoms with Crippen LogP contribution in [0.5, 0.6) is 0 Å². The van der Waals surface area contributed by atoms with E-state index in [1.807, 2.05) is 0 Å². The first kappa shape index (κ1) is 12.5. The molecule has 3 fully saturated rings. The van der Waals surface area contributed by atoms with Crippen LogP contribution in [0.1, 0.15) is 46.0 Å². The largest absolute Gasteiger partial charge is 0.381 e. The third-order valence-electron chi connectivity index (χ3n) is 5.31. The van der Waals surface area contributed by atoms with Crippen molar-refractivity contribution in [2.45, 2.75) is 46.0 Å². The van der Waals surface area contributed by atoms with Gasteiger partial charge in [-0.1, -0.05) is 13.8 Å². The van der Waals surface area contributed by atoms with Crippen LogP contribution in [0.3, 0.4) is 0 Å². The molecule has 1 saturated carbocycles. The highest BCUT2D eigenvalue weighted by molar-refractivity contribution is 5.80. The summed E-state index contributed by atoms with van der Waals surface area (Å²) in [7, 11) is 0. The lowest BCUT2D eigenvalue weighted by Crippen LogP contribution is -2.61. The fraction of sp³-hybridized carbons (Fsp3) is 0.933. The van der Waals surface area contributed by atoms with Gasteiger partial charge in [-0.05, 0) is 37.5 Å². The summed E-state index contributed by atoms with van der Waals surface area (Å²) in [5.41, 5.74) is 1.000. The number of carbonyl (C=O) groups excluding carboxylic acids is 1. The number of ether oxygens (including phenoxy) is 1. The molecule has 2 heterocycles. The van der Waals surface area contributed by atoms with Crippen LogP contribution in [-0.4, -0.2) is 37.1 Å². The number of nitrogens with zero attached hydrogens (tertiary/aromatic N) is 1. The van der Waals surface area contributed by atoms with Crippen molar-refractivity contribution in [3.05, 3.63) is 0 Å². The third kappa shape index (κ3) is 2.18. The van der Waals surface area contributed by atoms with Gasteiger partial charge >= 0.3 is 0 Å². The normalized spacial score (nSPS) is 33.4. The fourth-order valence-electron chi connectivity index (χ4n) is 3.68. The monoisotopic (exact) mass is 251 g/mol. The molecule has 1 spiro atoms. The van der Waals surface area contributed by atoms with Crippen molar-refractivity contribution in [3.63, 3.8) is 0 Å². The highest BCUT2D eigenvalue weighted by Gasteiger charge is 2.49. The SMILES string of the molecule is CC1(C)CCC2(CC1)CN(C(=O)C1CCOC1)C2. The first-order chi connectivity index (χ1) is 8.50. The summed E-state index contributed by atoms with van der Waals surface area (Å²) in [6.07, 6.45) is 6.19. The predicted molar refractivity (Wildman–Crippen MR) is 70.2 cm³/mol. The van der Waals surface area contributed by atoms with Crippen LogP contribution >= 0.6 is 0 Å². The average molecular weight is 251 g/mol. The summed E-state index contributed by atoms with van der Waals surface area (Å²) in [5.74, 6) is 0.505. The maximum atomic E-state index is 12.2. The van der Waals surface area contributed by atoms with E-state index in [0.29, 0.717) is 23.3 Å². The molecule has 0 radical (unpaired) electrons. The molecule has 0 aromatic carbocycles. The summed E-state index contributed by atoms with van der Waals surface area (Å²) in [5, 5.41) is 0. The Kier molecular flexibility index (Phi) is 2.92. The maximum absolute atomic E-state index is 12.2. The molecule has 2 saturated heterocycles. The summed E-state index contributed by atoms with van der Waals surface area (Å²) in [6, 6.07) is 0. The smallest absolute Gasteiger partial charge is 0.228 e. The Hall–Kier alpha value is -0.570. The van der Waals surface area contributed by atoms with Crippen LogP contribution < -0.4 is 0 Å². The van der Waals surface area contributed by atoms with Crippen molar-refractivity contribution in [1.82, 2.24) is 4.90 Å². The van der Waals surface area contributed by atoms with E-state index in [1.54, 1.807) is 0 Å². The van der Waals surface area contributed by atoms with Crippen molar-refractivity contribution in [2.75, 3.05) is 26.3 Å². The van der Waals surface area contributed by atoms with Gasteiger partial charge in [0.1, 0.15) is 0 Å². The molecule has 0 aromatic rings. The van der Waals surface area contributed by atoms with Gasteiger partial charge in [-0.3, -0.25) is 4.79 Å². The lowest BCUT2D eigenvalue weighted by atomic mass is 9.61. The molecule has 102 valence electrons. The number of amides is 1. The van der Waals surface area contributed by atoms with E-state index in [2.05, 4.69) is 18.7 Å². The van der Waals surface area contributed by atoms with E-state index in [-0.39, 0.29) is 5.92 Å². The quantitative estimate of drug-likeness (QED) is 0.716. The van der Waals surface area contributed by atoms with Crippen LogP contribution in [0.15, 0.2) is 0 Å². The zero-order valence-electron chi connectivity index (χ0n) is 11.7. The topological polar surface area (TPSA) is 29.5 Å². The Morgan fingerprint density at radius 2 is 1.83 bits per heavy atom. The lowest BCUT2D eigenvalue weighted by molar-refractivity contribution is -0.151. The molecule has 3 nitrogen and oxygen atoms in total. The number of carbonyl (C=O) groups is 1. The minimum Gasteiger partial charge on any atom is -0.381 e. The van der Waals surface area contributed by atoms with E-state index in [1.165, 1.54) is 25.7 Å². The third-order valence-corrected chi connectivity index (χ3v) is 5.31. The Morgan fingerprint density at radius 3 is 2.39 bits per heavy atom. The fourth-order valence-corrected chi connectivity index (χ4v) is 3.68. The van der Waals surface area contributed by atoms with Gasteiger partial charge in [0.2, 0.25) is 5.91 Å². The molecule has 1 atom stereocenters. The first-order valence-corrected chi connectivity index (χ1v) is 7.36. The van der Waals surface area contributed by atoms with Crippen LogP contribution in [0.25, 0.3) is 0 Å². The average Bonchev–Trinajstić information content (AvgIpc) is 2.79. The van der Waals surface area contributed by atoms with Crippen molar-refractivity contribution >= 4 is 5.91 Å². The van der Waals surface area contributed by atoms with Crippen molar-refractivity contribution in [1.29, 1.82) is 0 Å². The Balaban J connectivity index is 1.52. The van der Waals surface area contributed by atoms with E-state index >= 15 is 0 Å². The van der Waals surface area contributed by atoms with Crippen molar-refractivity contribution in [2.24, 2.45) is 16.7 Å². The molecule has 0 bridgehead atoms. The molecule has 3 aliphatic rings. The van der Waals surface area contributed by atoms with Gasteiger partial charge in [-0.25, -0.2) is 0 Å². The number of hydrogen-bond donors (Lipinski definition) is 0. The van der Waals surface area contributed by atoms with E-state index < -0.39 is 0 Å². The van der Waals surface area contributed by atoms with Gasteiger partial charge in [-0.2, -0.15) is 0 Å². The molecule has 3 rings (SSSR count). The number of likely N-dealkylation sites (tertiary alicyclic amines) is 1. The number of hydrogen-bond acceptors (Lipinski definition) is 2. The molecule has 1 unspecified atom stereocenters. The van der Waals surface area contributed by atoms with Crippen LogP contribution in [0.2, 0.25) is 0 Å². The summed E-state index contributed by atoms with van der Waals surface area (Å²) in [6.45, 7) is 8.18. The molecule has 1 aliphatic carbocycles. The Labute approximate surface area is 110 Å². The number of rotatable bonds is 1. The molecular formula is C15H25NO2. The standard InChI is InChI=1S/C15H25NO2/c1-14(2)4-6-15(7-5-14)10-16(11-15)13(17)12-3-8-18-9-12/h12H,3-11H2,1-2H3. The van der Waals surface area contributed by atoms with Gasteiger partial charge in [-0.15, -0.1) is 0 Å². The molecule has 18 heavy (non-hydrogen) atoms. The van der Waals surface area contributed by atoms with Crippen LogP contribution in [0.4, 0.5) is 0 Å². The highest BCUT2D eigenvalue weighted by atomic mass is 16.5. The maximum Gasteiger partial charge on any atom is 0.228 e. The van der Waals surface area contributed by atoms with Crippen molar-refractivity contribution in [3.8, 4) is 0 Å². The minimum atomic E-state index is 0.155.